The highest BCUT2D eigenvalue weighted by Crippen LogP contribution is 2.38. The van der Waals surface area contributed by atoms with Crippen LogP contribution in [0.2, 0.25) is 5.02 Å². The molecule has 1 amide bonds. The van der Waals surface area contributed by atoms with Gasteiger partial charge in [0.05, 0.1) is 4.92 Å². The average Bonchev–Trinajstić information content (AvgIpc) is 2.57. The molecule has 1 saturated carbocycles. The zero-order chi connectivity index (χ0) is 17.7. The number of rotatable bonds is 6. The van der Waals surface area contributed by atoms with Gasteiger partial charge in [0.1, 0.15) is 0 Å². The number of nitrogens with two attached hydrogens (primary N) is 1. The summed E-state index contributed by atoms with van der Waals surface area (Å²) in [6.45, 7) is 0.768. The molecule has 1 fully saturated rings. The van der Waals surface area contributed by atoms with E-state index in [9.17, 15) is 14.9 Å². The molecule has 6 nitrogen and oxygen atoms in total. The third kappa shape index (κ3) is 5.56. The van der Waals surface area contributed by atoms with E-state index in [-0.39, 0.29) is 36.0 Å². The van der Waals surface area contributed by atoms with Crippen molar-refractivity contribution in [3.63, 3.8) is 0 Å². The van der Waals surface area contributed by atoms with Gasteiger partial charge in [-0.3, -0.25) is 14.9 Å². The second-order valence-corrected chi connectivity index (χ2v) is 7.13. The lowest BCUT2D eigenvalue weighted by molar-refractivity contribution is -0.384. The average molecular weight is 390 g/mol. The van der Waals surface area contributed by atoms with Gasteiger partial charge in [-0.05, 0) is 36.4 Å². The van der Waals surface area contributed by atoms with E-state index in [1.165, 1.54) is 24.6 Å². The lowest BCUT2D eigenvalue weighted by Gasteiger charge is -2.36. The quantitative estimate of drug-likeness (QED) is 0.589. The molecule has 25 heavy (non-hydrogen) atoms. The number of hydrogen-bond acceptors (Lipinski definition) is 4. The maximum absolute atomic E-state index is 12.6. The van der Waals surface area contributed by atoms with Crippen molar-refractivity contribution in [3.05, 3.63) is 38.9 Å². The third-order valence-electron chi connectivity index (χ3n) is 4.95. The predicted octanol–water partition coefficient (Wildman–Crippen LogP) is 3.93. The first-order valence-electron chi connectivity index (χ1n) is 8.24. The molecule has 2 rings (SSSR count). The van der Waals surface area contributed by atoms with Crippen LogP contribution in [0.15, 0.2) is 18.2 Å². The molecule has 1 aliphatic carbocycles. The number of benzene rings is 1. The van der Waals surface area contributed by atoms with E-state index in [1.54, 1.807) is 11.9 Å². The van der Waals surface area contributed by atoms with Crippen LogP contribution in [0.3, 0.4) is 0 Å². The first-order valence-corrected chi connectivity index (χ1v) is 8.61. The lowest BCUT2D eigenvalue weighted by Crippen LogP contribution is -2.39. The van der Waals surface area contributed by atoms with Crippen molar-refractivity contribution in [1.82, 2.24) is 4.90 Å². The molecule has 0 spiro atoms. The van der Waals surface area contributed by atoms with Gasteiger partial charge in [-0.1, -0.05) is 30.9 Å². The van der Waals surface area contributed by atoms with Crippen LogP contribution in [-0.2, 0) is 11.3 Å². The third-order valence-corrected chi connectivity index (χ3v) is 5.32. The van der Waals surface area contributed by atoms with E-state index < -0.39 is 4.92 Å². The van der Waals surface area contributed by atoms with Gasteiger partial charge >= 0.3 is 0 Å². The minimum atomic E-state index is -0.465. The number of nitro groups is 1. The molecule has 0 unspecified atom stereocenters. The van der Waals surface area contributed by atoms with E-state index in [4.69, 9.17) is 17.3 Å². The van der Waals surface area contributed by atoms with Gasteiger partial charge in [0.2, 0.25) is 5.91 Å². The molecule has 0 radical (unpaired) electrons. The van der Waals surface area contributed by atoms with Gasteiger partial charge in [-0.2, -0.15) is 0 Å². The van der Waals surface area contributed by atoms with E-state index in [1.807, 2.05) is 0 Å². The Morgan fingerprint density at radius 3 is 2.56 bits per heavy atom. The number of nitro benzene ring substituents is 1. The Hall–Kier alpha value is -1.37. The van der Waals surface area contributed by atoms with Gasteiger partial charge in [0.15, 0.2) is 0 Å². The molecule has 0 heterocycles. The summed E-state index contributed by atoms with van der Waals surface area (Å²) in [4.78, 5) is 24.6. The van der Waals surface area contributed by atoms with Crippen molar-refractivity contribution in [3.8, 4) is 0 Å². The van der Waals surface area contributed by atoms with Gasteiger partial charge in [0, 0.05) is 37.2 Å². The minimum Gasteiger partial charge on any atom is -0.341 e. The number of amides is 1. The second kappa shape index (κ2) is 9.36. The largest absolute Gasteiger partial charge is 0.341 e. The molecule has 0 aliphatic heterocycles. The molecule has 1 aliphatic rings. The summed E-state index contributed by atoms with van der Waals surface area (Å²) in [6.07, 6.45) is 5.83. The van der Waals surface area contributed by atoms with Gasteiger partial charge in [0.25, 0.3) is 5.69 Å². The molecule has 1 aromatic rings. The van der Waals surface area contributed by atoms with Crippen LogP contribution in [0, 0.1) is 15.5 Å². The molecule has 140 valence electrons. The monoisotopic (exact) mass is 389 g/mol. The molecule has 0 bridgehead atoms. The normalized spacial score (nSPS) is 16.0. The van der Waals surface area contributed by atoms with Crippen LogP contribution in [0.5, 0.6) is 0 Å². The van der Waals surface area contributed by atoms with Gasteiger partial charge in [-0.15, -0.1) is 12.4 Å². The summed E-state index contributed by atoms with van der Waals surface area (Å²) >= 11 is 6.12. The zero-order valence-electron chi connectivity index (χ0n) is 14.4. The number of non-ortho nitro benzene ring substituents is 1. The van der Waals surface area contributed by atoms with Crippen LogP contribution >= 0.6 is 24.0 Å². The van der Waals surface area contributed by atoms with Crippen LogP contribution in [0.4, 0.5) is 5.69 Å². The van der Waals surface area contributed by atoms with E-state index >= 15 is 0 Å². The van der Waals surface area contributed by atoms with Crippen molar-refractivity contribution in [1.29, 1.82) is 0 Å². The summed E-state index contributed by atoms with van der Waals surface area (Å²) in [7, 11) is 1.70. The molecule has 1 aromatic carbocycles. The number of nitrogens with zero attached hydrogens (tertiary/aromatic N) is 2. The van der Waals surface area contributed by atoms with Crippen LogP contribution < -0.4 is 5.73 Å². The molecule has 8 heteroatoms. The van der Waals surface area contributed by atoms with Crippen molar-refractivity contribution in [2.24, 2.45) is 11.1 Å². The minimum absolute atomic E-state index is 0. The molecule has 2 N–H and O–H groups in total. The first kappa shape index (κ1) is 21.7. The van der Waals surface area contributed by atoms with Crippen molar-refractivity contribution in [2.45, 2.75) is 45.1 Å². The maximum atomic E-state index is 12.6. The van der Waals surface area contributed by atoms with E-state index in [0.717, 1.165) is 25.7 Å². The lowest BCUT2D eigenvalue weighted by atomic mass is 9.71. The van der Waals surface area contributed by atoms with Crippen molar-refractivity contribution >= 4 is 35.6 Å². The summed E-state index contributed by atoms with van der Waals surface area (Å²) in [5, 5.41) is 11.3. The molecular formula is C17H25Cl2N3O3. The van der Waals surface area contributed by atoms with Gasteiger partial charge in [-0.25, -0.2) is 0 Å². The van der Waals surface area contributed by atoms with Crippen LogP contribution in [0.1, 0.15) is 44.1 Å². The highest BCUT2D eigenvalue weighted by molar-refractivity contribution is 6.31. The smallest absolute Gasteiger partial charge is 0.269 e. The highest BCUT2D eigenvalue weighted by atomic mass is 35.5. The van der Waals surface area contributed by atoms with Gasteiger partial charge < -0.3 is 10.6 Å². The topological polar surface area (TPSA) is 89.5 Å². The van der Waals surface area contributed by atoms with Crippen molar-refractivity contribution in [2.75, 3.05) is 13.6 Å². The summed E-state index contributed by atoms with van der Waals surface area (Å²) < 4.78 is 0. The fourth-order valence-corrected chi connectivity index (χ4v) is 3.53. The molecule has 0 aromatic heterocycles. The Bertz CT molecular complexity index is 619. The maximum Gasteiger partial charge on any atom is 0.269 e. The number of halogens is 2. The van der Waals surface area contributed by atoms with Crippen LogP contribution in [-0.4, -0.2) is 29.3 Å². The number of hydrogen-bond donors (Lipinski definition) is 1. The SMILES string of the molecule is CN(Cc1cc([N+](=O)[O-])ccc1Cl)C(=O)CC1(CN)CCCCC1.Cl. The Morgan fingerprint density at radius 2 is 2.00 bits per heavy atom. The zero-order valence-corrected chi connectivity index (χ0v) is 15.9. The second-order valence-electron chi connectivity index (χ2n) is 6.72. The number of carbonyl (C=O) groups is 1. The number of carbonyl (C=O) groups excluding carboxylic acids is 1. The fraction of sp³-hybridized carbons (Fsp3) is 0.588. The Balaban J connectivity index is 0.00000312. The molecule has 0 atom stereocenters. The molecule has 0 saturated heterocycles. The Kier molecular flexibility index (Phi) is 8.12. The summed E-state index contributed by atoms with van der Waals surface area (Å²) in [5.74, 6) is 0.00456. The highest BCUT2D eigenvalue weighted by Gasteiger charge is 2.34. The molecular weight excluding hydrogens is 365 g/mol. The first-order chi connectivity index (χ1) is 11.4. The van der Waals surface area contributed by atoms with Crippen LogP contribution in [0.25, 0.3) is 0 Å². The summed E-state index contributed by atoms with van der Waals surface area (Å²) in [5.41, 5.74) is 6.40. The Labute approximate surface area is 159 Å². The standard InChI is InChI=1S/C17H24ClN3O3.ClH/c1-20(11-13-9-14(21(23)24)5-6-15(13)18)16(22)10-17(12-19)7-3-2-4-8-17;/h5-6,9H,2-4,7-8,10-12,19H2,1H3;1H. The fourth-order valence-electron chi connectivity index (χ4n) is 3.35. The van der Waals surface area contributed by atoms with E-state index in [0.29, 0.717) is 23.6 Å². The predicted molar refractivity (Wildman–Crippen MR) is 101 cm³/mol. The van der Waals surface area contributed by atoms with E-state index in [2.05, 4.69) is 0 Å². The summed E-state index contributed by atoms with van der Waals surface area (Å²) in [6, 6.07) is 4.28. The van der Waals surface area contributed by atoms with Crippen molar-refractivity contribution < 1.29 is 9.72 Å². The Morgan fingerprint density at radius 1 is 1.36 bits per heavy atom.